The number of rotatable bonds is 7. The fourth-order valence-corrected chi connectivity index (χ4v) is 3.31. The third kappa shape index (κ3) is 7.13. The molecule has 0 aliphatic heterocycles. The van der Waals surface area contributed by atoms with E-state index < -0.39 is 0 Å². The molecular weight excluding hydrogens is 412 g/mol. The van der Waals surface area contributed by atoms with Crippen molar-refractivity contribution in [2.24, 2.45) is 0 Å². The molecule has 134 valence electrons. The molecule has 4 nitrogen and oxygen atoms in total. The second kappa shape index (κ2) is 11.9. The summed E-state index contributed by atoms with van der Waals surface area (Å²) in [5, 5.41) is 9.74. The molecule has 0 saturated heterocycles. The van der Waals surface area contributed by atoms with Crippen LogP contribution in [0.4, 0.5) is 0 Å². The van der Waals surface area contributed by atoms with Crippen LogP contribution in [0, 0.1) is 0 Å². The molecule has 0 atom stereocenters. The normalized spacial score (nSPS) is 9.79. The number of hydrogen-bond acceptors (Lipinski definition) is 4. The van der Waals surface area contributed by atoms with Gasteiger partial charge in [-0.25, -0.2) is 4.98 Å². The van der Waals surface area contributed by atoms with Crippen LogP contribution < -0.4 is 10.6 Å². The quantitative estimate of drug-likeness (QED) is 0.646. The molecule has 0 saturated carbocycles. The molecule has 1 aromatic heterocycles. The minimum Gasteiger partial charge on any atom is -0.356 e. The molecule has 1 aromatic carbocycles. The largest absolute Gasteiger partial charge is 0.356 e. The lowest BCUT2D eigenvalue weighted by Gasteiger charge is -2.03. The summed E-state index contributed by atoms with van der Waals surface area (Å²) in [6.45, 7) is 1.55. The molecule has 0 fully saturated rings. The summed E-state index contributed by atoms with van der Waals surface area (Å²) in [4.78, 5) is 16.3. The zero-order chi connectivity index (χ0) is 15.9. The summed E-state index contributed by atoms with van der Waals surface area (Å²) in [6.07, 6.45) is 1.19. The van der Waals surface area contributed by atoms with Crippen molar-refractivity contribution in [1.29, 1.82) is 0 Å². The fourth-order valence-electron chi connectivity index (χ4n) is 1.89. The average Bonchev–Trinajstić information content (AvgIpc) is 2.92. The van der Waals surface area contributed by atoms with Crippen LogP contribution >= 0.6 is 59.4 Å². The number of halogens is 4. The molecule has 0 bridgehead atoms. The Morgan fingerprint density at radius 2 is 2.00 bits per heavy atom. The number of hydrogen-bond donors (Lipinski definition) is 2. The lowest BCUT2D eigenvalue weighted by Crippen LogP contribution is -2.28. The fraction of sp³-hybridized carbons (Fsp3) is 0.333. The van der Waals surface area contributed by atoms with Gasteiger partial charge in [0.1, 0.15) is 5.01 Å². The first kappa shape index (κ1) is 23.4. The van der Waals surface area contributed by atoms with Gasteiger partial charge >= 0.3 is 0 Å². The highest BCUT2D eigenvalue weighted by Gasteiger charge is 2.11. The van der Waals surface area contributed by atoms with Crippen molar-refractivity contribution in [2.75, 3.05) is 20.1 Å². The first-order valence-corrected chi connectivity index (χ1v) is 8.55. The topological polar surface area (TPSA) is 54.0 Å². The van der Waals surface area contributed by atoms with Crippen LogP contribution in [-0.4, -0.2) is 31.0 Å². The van der Waals surface area contributed by atoms with Crippen molar-refractivity contribution in [2.45, 2.75) is 12.8 Å². The molecule has 2 N–H and O–H groups in total. The van der Waals surface area contributed by atoms with E-state index in [1.54, 1.807) is 12.1 Å². The highest BCUT2D eigenvalue weighted by molar-refractivity contribution is 7.13. The number of benzene rings is 1. The Hall–Kier alpha value is -0.560. The minimum atomic E-state index is -0.0184. The molecule has 24 heavy (non-hydrogen) atoms. The highest BCUT2D eigenvalue weighted by Crippen LogP contribution is 2.32. The number of carbonyl (C=O) groups is 1. The van der Waals surface area contributed by atoms with Gasteiger partial charge in [0.2, 0.25) is 5.91 Å². The SMILES string of the molecule is CNCCCNC(=O)Cc1csc(-c2ccc(Cl)cc2Cl)n1.Cl.Cl. The van der Waals surface area contributed by atoms with E-state index in [0.717, 1.165) is 29.2 Å². The van der Waals surface area contributed by atoms with Gasteiger partial charge in [0, 0.05) is 22.5 Å². The van der Waals surface area contributed by atoms with E-state index in [0.29, 0.717) is 16.6 Å². The van der Waals surface area contributed by atoms with Crippen molar-refractivity contribution in [3.63, 3.8) is 0 Å². The predicted octanol–water partition coefficient (Wildman–Crippen LogP) is 4.23. The Bertz CT molecular complexity index is 651. The first-order valence-electron chi connectivity index (χ1n) is 6.91. The lowest BCUT2D eigenvalue weighted by molar-refractivity contribution is -0.120. The van der Waals surface area contributed by atoms with E-state index in [-0.39, 0.29) is 37.1 Å². The van der Waals surface area contributed by atoms with Crippen LogP contribution in [0.25, 0.3) is 10.6 Å². The lowest BCUT2D eigenvalue weighted by atomic mass is 10.2. The number of nitrogens with one attached hydrogen (secondary N) is 2. The van der Waals surface area contributed by atoms with Gasteiger partial charge in [-0.15, -0.1) is 36.2 Å². The van der Waals surface area contributed by atoms with Gasteiger partial charge < -0.3 is 10.6 Å². The summed E-state index contributed by atoms with van der Waals surface area (Å²) in [5.74, 6) is -0.0184. The van der Waals surface area contributed by atoms with Gasteiger partial charge in [0.15, 0.2) is 0 Å². The summed E-state index contributed by atoms with van der Waals surface area (Å²) in [5.41, 5.74) is 1.58. The molecule has 9 heteroatoms. The minimum absolute atomic E-state index is 0. The molecule has 0 radical (unpaired) electrons. The third-order valence-corrected chi connectivity index (χ3v) is 4.45. The molecule has 1 amide bonds. The second-order valence-corrected chi connectivity index (χ2v) is 6.45. The summed E-state index contributed by atoms with van der Waals surface area (Å²) in [6, 6.07) is 5.30. The summed E-state index contributed by atoms with van der Waals surface area (Å²) < 4.78 is 0. The van der Waals surface area contributed by atoms with Gasteiger partial charge in [0.05, 0.1) is 17.1 Å². The number of aromatic nitrogens is 1. The van der Waals surface area contributed by atoms with E-state index in [4.69, 9.17) is 23.2 Å². The highest BCUT2D eigenvalue weighted by atomic mass is 35.5. The molecule has 0 unspecified atom stereocenters. The Kier molecular flexibility index (Phi) is 11.6. The van der Waals surface area contributed by atoms with Gasteiger partial charge in [-0.05, 0) is 38.2 Å². The molecule has 2 aromatic rings. The van der Waals surface area contributed by atoms with Crippen molar-refractivity contribution in [3.05, 3.63) is 39.3 Å². The van der Waals surface area contributed by atoms with Gasteiger partial charge in [-0.2, -0.15) is 0 Å². The molecule has 0 aliphatic carbocycles. The van der Waals surface area contributed by atoms with Crippen molar-refractivity contribution >= 4 is 65.3 Å². The van der Waals surface area contributed by atoms with Crippen LogP contribution in [0.5, 0.6) is 0 Å². The summed E-state index contributed by atoms with van der Waals surface area (Å²) in [7, 11) is 1.89. The molecular formula is C15H19Cl4N3OS. The molecule has 1 heterocycles. The van der Waals surface area contributed by atoms with E-state index in [9.17, 15) is 4.79 Å². The third-order valence-electron chi connectivity index (χ3n) is 2.98. The van der Waals surface area contributed by atoms with Crippen molar-refractivity contribution in [1.82, 2.24) is 15.6 Å². The van der Waals surface area contributed by atoms with Crippen molar-refractivity contribution in [3.8, 4) is 10.6 Å². The van der Waals surface area contributed by atoms with Crippen molar-refractivity contribution < 1.29 is 4.79 Å². The number of carbonyl (C=O) groups excluding carboxylic acids is 1. The van der Waals surface area contributed by atoms with E-state index in [1.165, 1.54) is 11.3 Å². The zero-order valence-electron chi connectivity index (χ0n) is 13.0. The molecule has 0 aliphatic rings. The maximum absolute atomic E-state index is 11.8. The van der Waals surface area contributed by atoms with Gasteiger partial charge in [0.25, 0.3) is 0 Å². The number of thiazole rings is 1. The Morgan fingerprint density at radius 1 is 1.25 bits per heavy atom. The van der Waals surface area contributed by atoms with E-state index in [2.05, 4.69) is 15.6 Å². The predicted molar refractivity (Wildman–Crippen MR) is 107 cm³/mol. The number of amides is 1. The van der Waals surface area contributed by atoms with Crippen LogP contribution in [0.1, 0.15) is 12.1 Å². The second-order valence-electron chi connectivity index (χ2n) is 4.75. The smallest absolute Gasteiger partial charge is 0.226 e. The van der Waals surface area contributed by atoms with Gasteiger partial charge in [-0.3, -0.25) is 4.79 Å². The van der Waals surface area contributed by atoms with E-state index in [1.807, 2.05) is 18.5 Å². The Morgan fingerprint density at radius 3 is 2.67 bits per heavy atom. The van der Waals surface area contributed by atoms with Crippen LogP contribution in [0.15, 0.2) is 23.6 Å². The standard InChI is InChI=1S/C15H17Cl2N3OS.2ClH/c1-18-5-2-6-19-14(21)8-11-9-22-15(20-11)12-4-3-10(16)7-13(12)17;;/h3-4,7,9,18H,2,5-6,8H2,1H3,(H,19,21);2*1H. The Labute approximate surface area is 168 Å². The number of nitrogens with zero attached hydrogens (tertiary/aromatic N) is 1. The Balaban J connectivity index is 0.00000264. The molecule has 0 spiro atoms. The maximum atomic E-state index is 11.8. The zero-order valence-corrected chi connectivity index (χ0v) is 16.9. The van der Waals surface area contributed by atoms with Crippen LogP contribution in [-0.2, 0) is 11.2 Å². The maximum Gasteiger partial charge on any atom is 0.226 e. The van der Waals surface area contributed by atoms with Crippen LogP contribution in [0.2, 0.25) is 10.0 Å². The first-order chi connectivity index (χ1) is 10.6. The average molecular weight is 431 g/mol. The van der Waals surface area contributed by atoms with E-state index >= 15 is 0 Å². The van der Waals surface area contributed by atoms with Gasteiger partial charge in [-0.1, -0.05) is 23.2 Å². The van der Waals surface area contributed by atoms with Crippen LogP contribution in [0.3, 0.4) is 0 Å². The molecule has 2 rings (SSSR count). The summed E-state index contributed by atoms with van der Waals surface area (Å²) >= 11 is 13.5. The monoisotopic (exact) mass is 429 g/mol.